The summed E-state index contributed by atoms with van der Waals surface area (Å²) in [4.78, 5) is 25.8. The molecule has 1 amide bonds. The van der Waals surface area contributed by atoms with Crippen LogP contribution >= 0.6 is 0 Å². The molecule has 1 saturated heterocycles. The lowest BCUT2D eigenvalue weighted by atomic mass is 10.1. The first-order chi connectivity index (χ1) is 9.13. The van der Waals surface area contributed by atoms with E-state index in [4.69, 9.17) is 0 Å². The van der Waals surface area contributed by atoms with Crippen molar-refractivity contribution in [1.29, 1.82) is 0 Å². The average Bonchev–Trinajstić information content (AvgIpc) is 2.46. The van der Waals surface area contributed by atoms with E-state index >= 15 is 0 Å². The molecule has 19 heavy (non-hydrogen) atoms. The van der Waals surface area contributed by atoms with Crippen LogP contribution in [0.3, 0.4) is 0 Å². The second-order valence-electron chi connectivity index (χ2n) is 4.91. The minimum Gasteiger partial charge on any atom is -0.333 e. The van der Waals surface area contributed by atoms with Gasteiger partial charge in [-0.1, -0.05) is 19.1 Å². The van der Waals surface area contributed by atoms with Crippen LogP contribution in [0.4, 0.5) is 0 Å². The molecule has 1 atom stereocenters. The average molecular weight is 260 g/mol. The van der Waals surface area contributed by atoms with E-state index in [1.807, 2.05) is 18.7 Å². The highest BCUT2D eigenvalue weighted by atomic mass is 16.2. The van der Waals surface area contributed by atoms with E-state index in [0.717, 1.165) is 19.6 Å². The Hall–Kier alpha value is -1.68. The van der Waals surface area contributed by atoms with Crippen LogP contribution in [0, 0.1) is 0 Å². The Balaban J connectivity index is 2.13. The maximum absolute atomic E-state index is 12.4. The van der Waals surface area contributed by atoms with Crippen LogP contribution in [0.5, 0.6) is 0 Å². The molecule has 0 aromatic heterocycles. The molecule has 4 nitrogen and oxygen atoms in total. The Labute approximate surface area is 113 Å². The molecule has 1 aliphatic heterocycles. The predicted molar refractivity (Wildman–Crippen MR) is 74.4 cm³/mol. The molecule has 4 heteroatoms. The summed E-state index contributed by atoms with van der Waals surface area (Å²) in [6.45, 7) is 6.28. The summed E-state index contributed by atoms with van der Waals surface area (Å²) in [7, 11) is 0. The van der Waals surface area contributed by atoms with Gasteiger partial charge < -0.3 is 10.2 Å². The van der Waals surface area contributed by atoms with Gasteiger partial charge in [-0.2, -0.15) is 0 Å². The van der Waals surface area contributed by atoms with Gasteiger partial charge in [-0.05, 0) is 19.1 Å². The van der Waals surface area contributed by atoms with Crippen LogP contribution in [-0.4, -0.2) is 42.3 Å². The number of Topliss-reactive ketones (excluding diaryl/α,β-unsaturated/α-hetero) is 1. The van der Waals surface area contributed by atoms with Gasteiger partial charge in [0.15, 0.2) is 5.78 Å². The Morgan fingerprint density at radius 2 is 1.89 bits per heavy atom. The second-order valence-corrected chi connectivity index (χ2v) is 4.91. The van der Waals surface area contributed by atoms with E-state index < -0.39 is 0 Å². The monoisotopic (exact) mass is 260 g/mol. The molecule has 2 rings (SSSR count). The lowest BCUT2D eigenvalue weighted by Gasteiger charge is -2.34. The van der Waals surface area contributed by atoms with Gasteiger partial charge in [-0.25, -0.2) is 0 Å². The van der Waals surface area contributed by atoms with E-state index in [0.29, 0.717) is 17.5 Å². The fourth-order valence-electron chi connectivity index (χ4n) is 2.31. The van der Waals surface area contributed by atoms with Crippen molar-refractivity contribution in [2.45, 2.75) is 26.3 Å². The summed E-state index contributed by atoms with van der Waals surface area (Å²) in [5.74, 6) is 0.152. The zero-order valence-corrected chi connectivity index (χ0v) is 11.5. The normalized spacial score (nSPS) is 19.3. The minimum atomic E-state index is 0.0458. The molecule has 0 aliphatic carbocycles. The van der Waals surface area contributed by atoms with Crippen molar-refractivity contribution in [3.63, 3.8) is 0 Å². The first kappa shape index (κ1) is 13.7. The summed E-state index contributed by atoms with van der Waals surface area (Å²) in [6.07, 6.45) is 0.488. The molecule has 1 aromatic rings. The summed E-state index contributed by atoms with van der Waals surface area (Å²) in [5.41, 5.74) is 1.33. The van der Waals surface area contributed by atoms with Crippen molar-refractivity contribution in [2.24, 2.45) is 0 Å². The lowest BCUT2D eigenvalue weighted by molar-refractivity contribution is 0.0655. The second kappa shape index (κ2) is 5.97. The topological polar surface area (TPSA) is 49.4 Å². The van der Waals surface area contributed by atoms with Crippen LogP contribution in [0.2, 0.25) is 0 Å². The third kappa shape index (κ3) is 3.01. The number of benzene rings is 1. The maximum Gasteiger partial charge on any atom is 0.254 e. The molecular weight excluding hydrogens is 240 g/mol. The summed E-state index contributed by atoms with van der Waals surface area (Å²) < 4.78 is 0. The molecule has 1 N–H and O–H groups in total. The third-order valence-corrected chi connectivity index (χ3v) is 3.54. The van der Waals surface area contributed by atoms with Crippen LogP contribution in [0.25, 0.3) is 0 Å². The highest BCUT2D eigenvalue weighted by molar-refractivity contribution is 5.98. The first-order valence-electron chi connectivity index (χ1n) is 6.78. The Kier molecular flexibility index (Phi) is 4.32. The van der Waals surface area contributed by atoms with Crippen LogP contribution < -0.4 is 5.32 Å². The predicted octanol–water partition coefficient (Wildman–Crippen LogP) is 1.71. The van der Waals surface area contributed by atoms with Crippen molar-refractivity contribution in [2.75, 3.05) is 19.6 Å². The highest BCUT2D eigenvalue weighted by Gasteiger charge is 2.23. The fraction of sp³-hybridized carbons (Fsp3) is 0.467. The van der Waals surface area contributed by atoms with E-state index in [2.05, 4.69) is 5.32 Å². The van der Waals surface area contributed by atoms with E-state index in [1.54, 1.807) is 24.3 Å². The van der Waals surface area contributed by atoms with E-state index in [-0.39, 0.29) is 17.7 Å². The van der Waals surface area contributed by atoms with Crippen molar-refractivity contribution in [1.82, 2.24) is 10.2 Å². The highest BCUT2D eigenvalue weighted by Crippen LogP contribution is 2.12. The summed E-state index contributed by atoms with van der Waals surface area (Å²) in [5, 5.41) is 3.26. The zero-order chi connectivity index (χ0) is 13.8. The number of hydrogen-bond donors (Lipinski definition) is 1. The number of piperazine rings is 1. The first-order valence-corrected chi connectivity index (χ1v) is 6.78. The van der Waals surface area contributed by atoms with Crippen molar-refractivity contribution in [3.8, 4) is 0 Å². The van der Waals surface area contributed by atoms with Gasteiger partial charge in [0.05, 0.1) is 0 Å². The van der Waals surface area contributed by atoms with E-state index in [1.165, 1.54) is 0 Å². The zero-order valence-electron chi connectivity index (χ0n) is 11.5. The number of ketones is 1. The Bertz CT molecular complexity index is 468. The van der Waals surface area contributed by atoms with Gasteiger partial charge in [0.25, 0.3) is 5.91 Å². The van der Waals surface area contributed by atoms with Gasteiger partial charge in [-0.3, -0.25) is 9.59 Å². The molecular formula is C15H20N2O2. The molecule has 1 fully saturated rings. The van der Waals surface area contributed by atoms with Crippen molar-refractivity contribution >= 4 is 11.7 Å². The molecule has 1 aliphatic rings. The van der Waals surface area contributed by atoms with Crippen LogP contribution in [0.15, 0.2) is 24.3 Å². The molecule has 0 unspecified atom stereocenters. The smallest absolute Gasteiger partial charge is 0.254 e. The van der Waals surface area contributed by atoms with Crippen molar-refractivity contribution in [3.05, 3.63) is 35.4 Å². The molecule has 0 saturated carbocycles. The Morgan fingerprint density at radius 3 is 2.47 bits per heavy atom. The van der Waals surface area contributed by atoms with Gasteiger partial charge in [-0.15, -0.1) is 0 Å². The summed E-state index contributed by atoms with van der Waals surface area (Å²) >= 11 is 0. The minimum absolute atomic E-state index is 0.0458. The number of nitrogens with zero attached hydrogens (tertiary/aromatic N) is 1. The van der Waals surface area contributed by atoms with Gasteiger partial charge in [0.1, 0.15) is 0 Å². The standard InChI is InChI=1S/C15H20N2O2/c1-3-14(18)12-4-6-13(7-5-12)15(19)17-9-8-16-10-11(17)2/h4-7,11,16H,3,8-10H2,1-2H3/t11-/m0/s1. The fourth-order valence-corrected chi connectivity index (χ4v) is 2.31. The van der Waals surface area contributed by atoms with Crippen LogP contribution in [-0.2, 0) is 0 Å². The molecule has 1 aromatic carbocycles. The third-order valence-electron chi connectivity index (χ3n) is 3.54. The molecule has 0 spiro atoms. The molecule has 1 heterocycles. The maximum atomic E-state index is 12.4. The lowest BCUT2D eigenvalue weighted by Crippen LogP contribution is -2.52. The number of carbonyl (C=O) groups excluding carboxylic acids is 2. The molecule has 0 bridgehead atoms. The SMILES string of the molecule is CCC(=O)c1ccc(C(=O)N2CCNC[C@@H]2C)cc1. The van der Waals surface area contributed by atoms with Gasteiger partial charge >= 0.3 is 0 Å². The van der Waals surface area contributed by atoms with Gasteiger partial charge in [0.2, 0.25) is 0 Å². The largest absolute Gasteiger partial charge is 0.333 e. The quantitative estimate of drug-likeness (QED) is 0.842. The summed E-state index contributed by atoms with van der Waals surface area (Å²) in [6, 6.07) is 7.19. The van der Waals surface area contributed by atoms with Crippen molar-refractivity contribution < 1.29 is 9.59 Å². The number of amides is 1. The van der Waals surface area contributed by atoms with E-state index in [9.17, 15) is 9.59 Å². The van der Waals surface area contributed by atoms with Crippen LogP contribution in [0.1, 0.15) is 41.0 Å². The number of carbonyl (C=O) groups is 2. The molecule has 102 valence electrons. The number of nitrogens with one attached hydrogen (secondary N) is 1. The molecule has 0 radical (unpaired) electrons. The number of rotatable bonds is 3. The number of hydrogen-bond acceptors (Lipinski definition) is 3. The van der Waals surface area contributed by atoms with Gasteiger partial charge in [0, 0.05) is 43.2 Å². The Morgan fingerprint density at radius 1 is 1.26 bits per heavy atom.